The molecule has 7 nitrogen and oxygen atoms in total. The van der Waals surface area contributed by atoms with Gasteiger partial charge in [0.2, 0.25) is 0 Å². The van der Waals surface area contributed by atoms with Crippen molar-refractivity contribution in [3.63, 3.8) is 0 Å². The number of para-hydroxylation sites is 1. The Morgan fingerprint density at radius 3 is 2.74 bits per heavy atom. The summed E-state index contributed by atoms with van der Waals surface area (Å²) >= 11 is 1.51. The van der Waals surface area contributed by atoms with Crippen molar-refractivity contribution in [1.82, 2.24) is 15.1 Å². The molecule has 1 N–H and O–H groups in total. The SMILES string of the molecule is CC1(C)Cc2cccc(OCC(=O)N3CCN(CCNC(=O)c4ccsc4)CC3)c2O1. The van der Waals surface area contributed by atoms with Gasteiger partial charge in [-0.2, -0.15) is 11.3 Å². The molecule has 0 bridgehead atoms. The maximum absolute atomic E-state index is 12.6. The first-order valence-corrected chi connectivity index (χ1v) is 11.6. The molecule has 0 spiro atoms. The van der Waals surface area contributed by atoms with E-state index in [9.17, 15) is 9.59 Å². The Bertz CT molecular complexity index is 921. The Kier molecular flexibility index (Phi) is 6.48. The number of thiophene rings is 1. The predicted molar refractivity (Wildman–Crippen MR) is 120 cm³/mol. The van der Waals surface area contributed by atoms with Crippen LogP contribution in [0.2, 0.25) is 0 Å². The molecule has 0 atom stereocenters. The van der Waals surface area contributed by atoms with Crippen LogP contribution in [0.3, 0.4) is 0 Å². The van der Waals surface area contributed by atoms with Gasteiger partial charge in [-0.25, -0.2) is 0 Å². The molecule has 0 radical (unpaired) electrons. The average molecular weight is 444 g/mol. The van der Waals surface area contributed by atoms with E-state index < -0.39 is 0 Å². The monoisotopic (exact) mass is 443 g/mol. The number of hydrogen-bond acceptors (Lipinski definition) is 6. The molecular formula is C23H29N3O4S. The maximum Gasteiger partial charge on any atom is 0.260 e. The molecule has 2 aromatic rings. The van der Waals surface area contributed by atoms with Gasteiger partial charge >= 0.3 is 0 Å². The van der Waals surface area contributed by atoms with Crippen molar-refractivity contribution in [3.8, 4) is 11.5 Å². The van der Waals surface area contributed by atoms with Crippen molar-refractivity contribution in [2.45, 2.75) is 25.9 Å². The number of ether oxygens (including phenoxy) is 2. The minimum Gasteiger partial charge on any atom is -0.483 e. The predicted octanol–water partition coefficient (Wildman–Crippen LogP) is 2.41. The van der Waals surface area contributed by atoms with E-state index in [1.807, 2.05) is 39.9 Å². The number of piperazine rings is 1. The molecule has 1 saturated heterocycles. The minimum atomic E-state index is -0.245. The highest BCUT2D eigenvalue weighted by Gasteiger charge is 2.32. The molecule has 2 aliphatic rings. The lowest BCUT2D eigenvalue weighted by Gasteiger charge is -2.34. The number of fused-ring (bicyclic) bond motifs is 1. The third-order valence-electron chi connectivity index (χ3n) is 5.63. The number of benzene rings is 1. The summed E-state index contributed by atoms with van der Waals surface area (Å²) in [4.78, 5) is 28.7. The fourth-order valence-corrected chi connectivity index (χ4v) is 4.61. The largest absolute Gasteiger partial charge is 0.483 e. The molecule has 1 aromatic heterocycles. The summed E-state index contributed by atoms with van der Waals surface area (Å²) in [6.07, 6.45) is 0.836. The van der Waals surface area contributed by atoms with E-state index in [0.717, 1.165) is 37.4 Å². The molecule has 2 amide bonds. The first kappa shape index (κ1) is 21.6. The lowest BCUT2D eigenvalue weighted by molar-refractivity contribution is -0.135. The zero-order chi connectivity index (χ0) is 21.8. The van der Waals surface area contributed by atoms with Crippen molar-refractivity contribution in [3.05, 3.63) is 46.2 Å². The second kappa shape index (κ2) is 9.28. The second-order valence-corrected chi connectivity index (χ2v) is 9.34. The number of nitrogens with one attached hydrogen (secondary N) is 1. The highest BCUT2D eigenvalue weighted by molar-refractivity contribution is 7.08. The van der Waals surface area contributed by atoms with Gasteiger partial charge in [0, 0.05) is 62.2 Å². The third kappa shape index (κ3) is 5.37. The lowest BCUT2D eigenvalue weighted by atomic mass is 10.0. The zero-order valence-corrected chi connectivity index (χ0v) is 18.9. The molecular weight excluding hydrogens is 414 g/mol. The Hall–Kier alpha value is -2.58. The quantitative estimate of drug-likeness (QED) is 0.712. The zero-order valence-electron chi connectivity index (χ0n) is 18.1. The molecule has 1 fully saturated rings. The smallest absolute Gasteiger partial charge is 0.260 e. The average Bonchev–Trinajstić information content (AvgIpc) is 3.39. The maximum atomic E-state index is 12.6. The Morgan fingerprint density at radius 1 is 1.19 bits per heavy atom. The molecule has 3 heterocycles. The number of carbonyl (C=O) groups excluding carboxylic acids is 2. The highest BCUT2D eigenvalue weighted by Crippen LogP contribution is 2.41. The fourth-order valence-electron chi connectivity index (χ4n) is 3.98. The van der Waals surface area contributed by atoms with Crippen LogP contribution < -0.4 is 14.8 Å². The van der Waals surface area contributed by atoms with E-state index >= 15 is 0 Å². The molecule has 0 unspecified atom stereocenters. The number of amides is 2. The third-order valence-corrected chi connectivity index (χ3v) is 6.31. The molecule has 0 aliphatic carbocycles. The van der Waals surface area contributed by atoms with Gasteiger partial charge < -0.3 is 19.7 Å². The molecule has 31 heavy (non-hydrogen) atoms. The van der Waals surface area contributed by atoms with E-state index in [-0.39, 0.29) is 24.0 Å². The van der Waals surface area contributed by atoms with Crippen LogP contribution >= 0.6 is 11.3 Å². The number of nitrogens with zero attached hydrogens (tertiary/aromatic N) is 2. The summed E-state index contributed by atoms with van der Waals surface area (Å²) in [5, 5.41) is 6.69. The van der Waals surface area contributed by atoms with E-state index in [1.165, 1.54) is 11.3 Å². The van der Waals surface area contributed by atoms with Gasteiger partial charge in [-0.3, -0.25) is 14.5 Å². The second-order valence-electron chi connectivity index (χ2n) is 8.56. The molecule has 166 valence electrons. The normalized spacial score (nSPS) is 17.7. The van der Waals surface area contributed by atoms with Crippen LogP contribution in [0, 0.1) is 0 Å². The van der Waals surface area contributed by atoms with Crippen LogP contribution in [-0.2, 0) is 11.2 Å². The van der Waals surface area contributed by atoms with Crippen molar-refractivity contribution in [1.29, 1.82) is 0 Å². The summed E-state index contributed by atoms with van der Waals surface area (Å²) in [6, 6.07) is 7.67. The van der Waals surface area contributed by atoms with Crippen molar-refractivity contribution >= 4 is 23.2 Å². The summed E-state index contributed by atoms with van der Waals surface area (Å²) in [5.74, 6) is 1.35. The first-order chi connectivity index (χ1) is 14.9. The molecule has 1 aromatic carbocycles. The fraction of sp³-hybridized carbons (Fsp3) is 0.478. The van der Waals surface area contributed by atoms with Gasteiger partial charge in [0.1, 0.15) is 5.60 Å². The van der Waals surface area contributed by atoms with Crippen LogP contribution in [0.1, 0.15) is 29.8 Å². The van der Waals surface area contributed by atoms with E-state index in [2.05, 4.69) is 24.1 Å². The van der Waals surface area contributed by atoms with Crippen LogP contribution in [0.4, 0.5) is 0 Å². The lowest BCUT2D eigenvalue weighted by Crippen LogP contribution is -2.51. The molecule has 4 rings (SSSR count). The minimum absolute atomic E-state index is 0.0109. The summed E-state index contributed by atoms with van der Waals surface area (Å²) in [7, 11) is 0. The van der Waals surface area contributed by atoms with Gasteiger partial charge in [-0.15, -0.1) is 0 Å². The Labute approximate surface area is 186 Å². The first-order valence-electron chi connectivity index (χ1n) is 10.7. The van der Waals surface area contributed by atoms with Gasteiger partial charge in [0.25, 0.3) is 11.8 Å². The number of rotatable bonds is 7. The standard InChI is InChI=1S/C23H29N3O4S/c1-23(2)14-17-4-3-5-19(21(17)30-23)29-15-20(27)26-11-9-25(10-12-26)8-7-24-22(28)18-6-13-31-16-18/h3-6,13,16H,7-12,14-15H2,1-2H3,(H,24,28). The van der Waals surface area contributed by atoms with Crippen molar-refractivity contribution < 1.29 is 19.1 Å². The van der Waals surface area contributed by atoms with Gasteiger partial charge in [-0.1, -0.05) is 12.1 Å². The molecule has 2 aliphatic heterocycles. The van der Waals surface area contributed by atoms with Crippen LogP contribution in [0.5, 0.6) is 11.5 Å². The Balaban J connectivity index is 1.18. The van der Waals surface area contributed by atoms with Gasteiger partial charge in [-0.05, 0) is 31.4 Å². The van der Waals surface area contributed by atoms with Crippen LogP contribution in [0.25, 0.3) is 0 Å². The van der Waals surface area contributed by atoms with Crippen LogP contribution in [-0.4, -0.2) is 73.1 Å². The highest BCUT2D eigenvalue weighted by atomic mass is 32.1. The number of hydrogen-bond donors (Lipinski definition) is 1. The van der Waals surface area contributed by atoms with E-state index in [1.54, 1.807) is 0 Å². The topological polar surface area (TPSA) is 71.1 Å². The number of carbonyl (C=O) groups is 2. The molecule has 0 saturated carbocycles. The van der Waals surface area contributed by atoms with Gasteiger partial charge in [0.05, 0.1) is 0 Å². The summed E-state index contributed by atoms with van der Waals surface area (Å²) in [6.45, 7) is 8.39. The molecule has 8 heteroatoms. The van der Waals surface area contributed by atoms with Crippen LogP contribution in [0.15, 0.2) is 35.0 Å². The summed E-state index contributed by atoms with van der Waals surface area (Å²) in [5.41, 5.74) is 1.58. The van der Waals surface area contributed by atoms with Crippen molar-refractivity contribution in [2.75, 3.05) is 45.9 Å². The Morgan fingerprint density at radius 2 is 2.00 bits per heavy atom. The van der Waals surface area contributed by atoms with E-state index in [4.69, 9.17) is 9.47 Å². The van der Waals surface area contributed by atoms with Gasteiger partial charge in [0.15, 0.2) is 18.1 Å². The van der Waals surface area contributed by atoms with E-state index in [0.29, 0.717) is 30.9 Å². The van der Waals surface area contributed by atoms with Crippen molar-refractivity contribution in [2.24, 2.45) is 0 Å². The summed E-state index contributed by atoms with van der Waals surface area (Å²) < 4.78 is 11.8.